The third-order valence-electron chi connectivity index (χ3n) is 5.55. The van der Waals surface area contributed by atoms with Gasteiger partial charge in [-0.25, -0.2) is 4.79 Å². The van der Waals surface area contributed by atoms with Crippen molar-refractivity contribution in [3.8, 4) is 11.8 Å². The summed E-state index contributed by atoms with van der Waals surface area (Å²) in [6.07, 6.45) is 2.82. The van der Waals surface area contributed by atoms with Gasteiger partial charge in [-0.2, -0.15) is 5.26 Å². The molecule has 0 bridgehead atoms. The Kier molecular flexibility index (Phi) is 7.06. The summed E-state index contributed by atoms with van der Waals surface area (Å²) in [4.78, 5) is 25.8. The molecule has 2 aromatic carbocycles. The predicted molar refractivity (Wildman–Crippen MR) is 126 cm³/mol. The van der Waals surface area contributed by atoms with Gasteiger partial charge in [0.05, 0.1) is 11.1 Å². The molecule has 0 radical (unpaired) electrons. The maximum absolute atomic E-state index is 12.4. The number of hydrogen-bond donors (Lipinski definition) is 1. The third-order valence-corrected chi connectivity index (χ3v) is 6.72. The molecule has 7 heteroatoms. The fraction of sp³-hybridized carbons (Fsp3) is 0.269. The van der Waals surface area contributed by atoms with Crippen LogP contribution in [0.3, 0.4) is 0 Å². The minimum absolute atomic E-state index is 0.327. The maximum atomic E-state index is 12.4. The number of fused-ring (bicyclic) bond motifs is 1. The Hall–Kier alpha value is -3.63. The van der Waals surface area contributed by atoms with Crippen LogP contribution in [0.5, 0.6) is 5.75 Å². The van der Waals surface area contributed by atoms with Crippen molar-refractivity contribution in [3.63, 3.8) is 0 Å². The maximum Gasteiger partial charge on any atom is 0.338 e. The van der Waals surface area contributed by atoms with Gasteiger partial charge < -0.3 is 14.8 Å². The first-order valence-electron chi connectivity index (χ1n) is 10.8. The lowest BCUT2D eigenvalue weighted by atomic mass is 9.89. The fourth-order valence-electron chi connectivity index (χ4n) is 3.76. The van der Waals surface area contributed by atoms with Crippen LogP contribution in [0, 0.1) is 17.2 Å². The average molecular weight is 461 g/mol. The molecule has 1 N–H and O–H groups in total. The number of benzene rings is 2. The summed E-state index contributed by atoms with van der Waals surface area (Å²) in [5, 5.41) is 12.8. The first kappa shape index (κ1) is 22.6. The highest BCUT2D eigenvalue weighted by atomic mass is 32.1. The molecular formula is C26H24N2O4S. The van der Waals surface area contributed by atoms with Gasteiger partial charge in [0.25, 0.3) is 5.91 Å². The number of amides is 1. The highest BCUT2D eigenvalue weighted by molar-refractivity contribution is 7.16. The zero-order chi connectivity index (χ0) is 23.2. The molecule has 0 saturated carbocycles. The lowest BCUT2D eigenvalue weighted by Gasteiger charge is -2.17. The molecule has 0 fully saturated rings. The van der Waals surface area contributed by atoms with Crippen molar-refractivity contribution in [2.24, 2.45) is 5.92 Å². The zero-order valence-electron chi connectivity index (χ0n) is 18.3. The van der Waals surface area contributed by atoms with Crippen molar-refractivity contribution in [2.75, 3.05) is 11.9 Å². The van der Waals surface area contributed by atoms with Crippen LogP contribution >= 0.6 is 11.3 Å². The lowest BCUT2D eigenvalue weighted by molar-refractivity contribution is -0.119. The van der Waals surface area contributed by atoms with Gasteiger partial charge in [0.15, 0.2) is 6.61 Å². The molecule has 3 aromatic rings. The molecule has 168 valence electrons. The molecule has 6 nitrogen and oxygen atoms in total. The zero-order valence-corrected chi connectivity index (χ0v) is 19.1. The van der Waals surface area contributed by atoms with Gasteiger partial charge in [-0.1, -0.05) is 37.3 Å². The second-order valence-corrected chi connectivity index (χ2v) is 9.20. The fourth-order valence-corrected chi connectivity index (χ4v) is 5.14. The number of anilines is 1. The minimum Gasteiger partial charge on any atom is -0.489 e. The molecule has 0 aliphatic heterocycles. The molecule has 33 heavy (non-hydrogen) atoms. The highest BCUT2D eigenvalue weighted by Gasteiger charge is 2.24. The van der Waals surface area contributed by atoms with E-state index in [2.05, 4.69) is 18.3 Å². The van der Waals surface area contributed by atoms with Gasteiger partial charge in [-0.15, -0.1) is 11.3 Å². The lowest BCUT2D eigenvalue weighted by Crippen LogP contribution is -2.20. The van der Waals surface area contributed by atoms with Crippen LogP contribution in [-0.4, -0.2) is 18.5 Å². The van der Waals surface area contributed by atoms with E-state index < -0.39 is 18.5 Å². The first-order chi connectivity index (χ1) is 16.0. The number of carbonyl (C=O) groups is 2. The van der Waals surface area contributed by atoms with E-state index >= 15 is 0 Å². The summed E-state index contributed by atoms with van der Waals surface area (Å²) in [5.41, 5.74) is 2.95. The molecule has 1 amide bonds. The van der Waals surface area contributed by atoms with Crippen LogP contribution in [0.2, 0.25) is 0 Å². The SMILES string of the molecule is CC1CCc2c(sc(NC(=O)COC(=O)c3ccc(OCc4ccccc4)cc3)c2C#N)C1. The van der Waals surface area contributed by atoms with Crippen molar-refractivity contribution in [1.29, 1.82) is 5.26 Å². The molecule has 0 spiro atoms. The average Bonchev–Trinajstić information content (AvgIpc) is 3.17. The van der Waals surface area contributed by atoms with Crippen LogP contribution in [0.25, 0.3) is 0 Å². The summed E-state index contributed by atoms with van der Waals surface area (Å²) in [6, 6.07) is 18.6. The number of ether oxygens (including phenoxy) is 2. The highest BCUT2D eigenvalue weighted by Crippen LogP contribution is 2.39. The van der Waals surface area contributed by atoms with E-state index in [1.807, 2.05) is 30.3 Å². The number of nitriles is 1. The molecule has 1 atom stereocenters. The van der Waals surface area contributed by atoms with Crippen LogP contribution < -0.4 is 10.1 Å². The van der Waals surface area contributed by atoms with Crippen molar-refractivity contribution in [3.05, 3.63) is 81.7 Å². The van der Waals surface area contributed by atoms with Gasteiger partial charge in [0, 0.05) is 4.88 Å². The minimum atomic E-state index is -0.598. The number of nitrogens with zero attached hydrogens (tertiary/aromatic N) is 1. The number of hydrogen-bond acceptors (Lipinski definition) is 6. The van der Waals surface area contributed by atoms with Crippen LogP contribution in [-0.2, 0) is 29.0 Å². The Balaban J connectivity index is 1.29. The van der Waals surface area contributed by atoms with Gasteiger partial charge >= 0.3 is 5.97 Å². The molecule has 1 heterocycles. The van der Waals surface area contributed by atoms with E-state index in [9.17, 15) is 14.9 Å². The number of nitrogens with one attached hydrogen (secondary N) is 1. The Morgan fingerprint density at radius 3 is 2.64 bits per heavy atom. The van der Waals surface area contributed by atoms with Gasteiger partial charge in [0.1, 0.15) is 23.4 Å². The Morgan fingerprint density at radius 2 is 1.91 bits per heavy atom. The molecule has 4 rings (SSSR count). The van der Waals surface area contributed by atoms with E-state index in [0.29, 0.717) is 34.4 Å². The van der Waals surface area contributed by atoms with E-state index in [1.54, 1.807) is 24.3 Å². The van der Waals surface area contributed by atoms with Crippen molar-refractivity contribution in [1.82, 2.24) is 0 Å². The van der Waals surface area contributed by atoms with Crippen LogP contribution in [0.15, 0.2) is 54.6 Å². The molecular weight excluding hydrogens is 436 g/mol. The smallest absolute Gasteiger partial charge is 0.338 e. The quantitative estimate of drug-likeness (QED) is 0.495. The normalized spacial score (nSPS) is 14.6. The monoisotopic (exact) mass is 460 g/mol. The van der Waals surface area contributed by atoms with E-state index in [-0.39, 0.29) is 0 Å². The van der Waals surface area contributed by atoms with E-state index in [1.165, 1.54) is 11.3 Å². The van der Waals surface area contributed by atoms with Crippen molar-refractivity contribution < 1.29 is 19.1 Å². The third kappa shape index (κ3) is 5.60. The molecule has 1 unspecified atom stereocenters. The summed E-state index contributed by atoms with van der Waals surface area (Å²) in [7, 11) is 0. The number of thiophene rings is 1. The number of carbonyl (C=O) groups excluding carboxylic acids is 2. The van der Waals surface area contributed by atoms with E-state index in [4.69, 9.17) is 9.47 Å². The first-order valence-corrected chi connectivity index (χ1v) is 11.6. The van der Waals surface area contributed by atoms with Crippen LogP contribution in [0.4, 0.5) is 5.00 Å². The topological polar surface area (TPSA) is 88.4 Å². The number of rotatable bonds is 7. The molecule has 0 saturated heterocycles. The van der Waals surface area contributed by atoms with E-state index in [0.717, 1.165) is 35.3 Å². The summed E-state index contributed by atoms with van der Waals surface area (Å²) < 4.78 is 10.9. The molecule has 1 aliphatic rings. The second-order valence-electron chi connectivity index (χ2n) is 8.09. The Bertz CT molecular complexity index is 1180. The van der Waals surface area contributed by atoms with Gasteiger partial charge in [0.2, 0.25) is 0 Å². The summed E-state index contributed by atoms with van der Waals surface area (Å²) in [6.45, 7) is 2.20. The van der Waals surface area contributed by atoms with Gasteiger partial charge in [-0.3, -0.25) is 4.79 Å². The Labute approximate surface area is 196 Å². The summed E-state index contributed by atoms with van der Waals surface area (Å²) >= 11 is 1.44. The largest absolute Gasteiger partial charge is 0.489 e. The predicted octanol–water partition coefficient (Wildman–Crippen LogP) is 5.12. The standard InChI is InChI=1S/C26H24N2O4S/c1-17-7-12-21-22(14-27)25(33-23(21)13-17)28-24(29)16-32-26(30)19-8-10-20(11-9-19)31-15-18-5-3-2-4-6-18/h2-6,8-11,17H,7,12-13,15-16H2,1H3,(H,28,29). The van der Waals surface area contributed by atoms with Crippen molar-refractivity contribution >= 4 is 28.2 Å². The number of esters is 1. The van der Waals surface area contributed by atoms with Crippen LogP contribution in [0.1, 0.15) is 45.3 Å². The van der Waals surface area contributed by atoms with Crippen molar-refractivity contribution in [2.45, 2.75) is 32.8 Å². The second kappa shape index (κ2) is 10.3. The molecule has 1 aromatic heterocycles. The summed E-state index contributed by atoms with van der Waals surface area (Å²) in [5.74, 6) is 0.143. The van der Waals surface area contributed by atoms with Gasteiger partial charge in [-0.05, 0) is 60.6 Å². The Morgan fingerprint density at radius 1 is 1.15 bits per heavy atom. The molecule has 1 aliphatic carbocycles.